The van der Waals surface area contributed by atoms with E-state index >= 15 is 0 Å². The summed E-state index contributed by atoms with van der Waals surface area (Å²) in [6.45, 7) is 0.904. The molecule has 0 radical (unpaired) electrons. The molecule has 0 spiro atoms. The van der Waals surface area contributed by atoms with Crippen molar-refractivity contribution in [3.8, 4) is 0 Å². The molecule has 1 fully saturated rings. The van der Waals surface area contributed by atoms with Gasteiger partial charge in [0, 0.05) is 19.0 Å². The average molecular weight is 134 g/mol. The van der Waals surface area contributed by atoms with Crippen LogP contribution in [0.2, 0.25) is 5.82 Å². The van der Waals surface area contributed by atoms with E-state index in [1.165, 1.54) is 0 Å². The molecule has 4 heteroatoms. The summed E-state index contributed by atoms with van der Waals surface area (Å²) in [7, 11) is -2.19. The molecular formula is C5H9BF2O. The van der Waals surface area contributed by atoms with Gasteiger partial charge in [0.25, 0.3) is 0 Å². The van der Waals surface area contributed by atoms with E-state index in [9.17, 15) is 8.63 Å². The van der Waals surface area contributed by atoms with Gasteiger partial charge < -0.3 is 4.74 Å². The molecule has 9 heavy (non-hydrogen) atoms. The van der Waals surface area contributed by atoms with Crippen LogP contribution in [0.15, 0.2) is 0 Å². The highest BCUT2D eigenvalue weighted by Crippen LogP contribution is 2.23. The number of hydrogen-bond donors (Lipinski definition) is 0. The lowest BCUT2D eigenvalue weighted by atomic mass is 9.75. The Morgan fingerprint density at radius 2 is 2.22 bits per heavy atom. The van der Waals surface area contributed by atoms with Crippen LogP contribution in [0.3, 0.4) is 0 Å². The minimum atomic E-state index is -2.19. The van der Waals surface area contributed by atoms with Crippen molar-refractivity contribution in [2.75, 3.05) is 13.2 Å². The molecule has 1 aliphatic rings. The fourth-order valence-corrected chi connectivity index (χ4v) is 0.964. The van der Waals surface area contributed by atoms with Gasteiger partial charge in [-0.15, -0.1) is 0 Å². The Morgan fingerprint density at radius 3 is 2.56 bits per heavy atom. The van der Waals surface area contributed by atoms with E-state index in [1.54, 1.807) is 0 Å². The van der Waals surface area contributed by atoms with Gasteiger partial charge in [0.1, 0.15) is 0 Å². The van der Waals surface area contributed by atoms with Crippen LogP contribution in [0.5, 0.6) is 0 Å². The molecule has 52 valence electrons. The number of halogens is 2. The second-order valence-corrected chi connectivity index (χ2v) is 2.31. The summed E-state index contributed by atoms with van der Waals surface area (Å²) < 4.78 is 28.5. The van der Waals surface area contributed by atoms with Crippen LogP contribution < -0.4 is 0 Å². The highest BCUT2D eigenvalue weighted by Gasteiger charge is 2.29. The Bertz CT molecular complexity index is 83.0. The van der Waals surface area contributed by atoms with Crippen molar-refractivity contribution in [1.29, 1.82) is 0 Å². The second kappa shape index (κ2) is 3.15. The van der Waals surface area contributed by atoms with Crippen LogP contribution in [0, 0.1) is 0 Å². The van der Waals surface area contributed by atoms with Crippen molar-refractivity contribution in [3.05, 3.63) is 0 Å². The van der Waals surface area contributed by atoms with Crippen molar-refractivity contribution >= 4 is 7.27 Å². The number of hydrogen-bond acceptors (Lipinski definition) is 1. The first-order chi connectivity index (χ1) is 4.30. The van der Waals surface area contributed by atoms with E-state index in [0.717, 1.165) is 6.42 Å². The van der Waals surface area contributed by atoms with Gasteiger partial charge in [-0.25, -0.2) is 0 Å². The monoisotopic (exact) mass is 134 g/mol. The summed E-state index contributed by atoms with van der Waals surface area (Å²) in [5.74, 6) is -0.501. The first-order valence-electron chi connectivity index (χ1n) is 3.16. The Morgan fingerprint density at radius 1 is 1.44 bits per heavy atom. The van der Waals surface area contributed by atoms with Crippen molar-refractivity contribution < 1.29 is 13.4 Å². The summed E-state index contributed by atoms with van der Waals surface area (Å²) >= 11 is 0. The van der Waals surface area contributed by atoms with Crippen LogP contribution >= 0.6 is 0 Å². The summed E-state index contributed by atoms with van der Waals surface area (Å²) in [5, 5.41) is 0. The maximum Gasteiger partial charge on any atom is 0.543 e. The summed E-state index contributed by atoms with van der Waals surface area (Å²) in [6, 6.07) is 0. The second-order valence-electron chi connectivity index (χ2n) is 2.31. The maximum atomic E-state index is 11.8. The molecule has 0 aromatic heterocycles. The third kappa shape index (κ3) is 1.93. The molecular weight excluding hydrogens is 125 g/mol. The quantitative estimate of drug-likeness (QED) is 0.494. The third-order valence-electron chi connectivity index (χ3n) is 1.55. The van der Waals surface area contributed by atoms with Crippen molar-refractivity contribution in [2.24, 2.45) is 0 Å². The number of ether oxygens (including phenoxy) is 1. The molecule has 0 aliphatic carbocycles. The predicted octanol–water partition coefficient (Wildman–Crippen LogP) is 1.59. The van der Waals surface area contributed by atoms with Crippen molar-refractivity contribution in [2.45, 2.75) is 18.7 Å². The Kier molecular flexibility index (Phi) is 2.45. The highest BCUT2D eigenvalue weighted by molar-refractivity contribution is 6.44. The summed E-state index contributed by atoms with van der Waals surface area (Å²) in [6.07, 6.45) is 1.41. The van der Waals surface area contributed by atoms with Crippen LogP contribution in [-0.2, 0) is 4.74 Å². The highest BCUT2D eigenvalue weighted by atomic mass is 19.2. The van der Waals surface area contributed by atoms with E-state index in [2.05, 4.69) is 0 Å². The van der Waals surface area contributed by atoms with Crippen LogP contribution in [0.25, 0.3) is 0 Å². The van der Waals surface area contributed by atoms with E-state index in [0.29, 0.717) is 13.0 Å². The van der Waals surface area contributed by atoms with E-state index < -0.39 is 13.1 Å². The van der Waals surface area contributed by atoms with Gasteiger partial charge in [0.05, 0.1) is 0 Å². The van der Waals surface area contributed by atoms with Crippen LogP contribution in [0.1, 0.15) is 12.8 Å². The molecule has 0 N–H and O–H groups in total. The lowest BCUT2D eigenvalue weighted by Gasteiger charge is -2.18. The lowest BCUT2D eigenvalue weighted by Crippen LogP contribution is -2.21. The smallest absolute Gasteiger partial charge is 0.382 e. The van der Waals surface area contributed by atoms with E-state index in [-0.39, 0.29) is 6.61 Å². The van der Waals surface area contributed by atoms with Crippen LogP contribution in [0.4, 0.5) is 8.63 Å². The average Bonchev–Trinajstić information content (AvgIpc) is 1.90. The Labute approximate surface area is 53.6 Å². The molecule has 0 aromatic rings. The first kappa shape index (κ1) is 7.00. The molecule has 1 heterocycles. The summed E-state index contributed by atoms with van der Waals surface area (Å²) in [5.41, 5.74) is 0. The molecule has 1 unspecified atom stereocenters. The van der Waals surface area contributed by atoms with Gasteiger partial charge in [-0.05, 0) is 12.8 Å². The van der Waals surface area contributed by atoms with E-state index in [4.69, 9.17) is 4.74 Å². The molecule has 0 bridgehead atoms. The number of rotatable bonds is 1. The van der Waals surface area contributed by atoms with Crippen LogP contribution in [-0.4, -0.2) is 20.5 Å². The van der Waals surface area contributed by atoms with Gasteiger partial charge in [0.15, 0.2) is 0 Å². The molecule has 1 aliphatic heterocycles. The minimum absolute atomic E-state index is 0.248. The fourth-order valence-electron chi connectivity index (χ4n) is 0.964. The van der Waals surface area contributed by atoms with Gasteiger partial charge in [-0.2, -0.15) is 0 Å². The molecule has 1 nitrogen and oxygen atoms in total. The largest absolute Gasteiger partial charge is 0.543 e. The Balaban J connectivity index is 2.23. The van der Waals surface area contributed by atoms with Gasteiger partial charge >= 0.3 is 7.27 Å². The maximum absolute atomic E-state index is 11.8. The molecule has 0 saturated carbocycles. The van der Waals surface area contributed by atoms with Gasteiger partial charge in [-0.1, -0.05) is 0 Å². The molecule has 1 rings (SSSR count). The van der Waals surface area contributed by atoms with Crippen molar-refractivity contribution in [1.82, 2.24) is 0 Å². The zero-order chi connectivity index (χ0) is 6.69. The molecule has 0 aromatic carbocycles. The Hall–Kier alpha value is -0.115. The topological polar surface area (TPSA) is 9.23 Å². The molecule has 1 atom stereocenters. The minimum Gasteiger partial charge on any atom is -0.382 e. The lowest BCUT2D eigenvalue weighted by molar-refractivity contribution is 0.0922. The fraction of sp³-hybridized carbons (Fsp3) is 1.00. The summed E-state index contributed by atoms with van der Waals surface area (Å²) in [4.78, 5) is 0. The third-order valence-corrected chi connectivity index (χ3v) is 1.55. The standard InChI is InChI=1S/C5H9BF2O/c7-6(8)5-2-1-3-9-4-5/h5H,1-4H2. The first-order valence-corrected chi connectivity index (χ1v) is 3.16. The molecule has 0 amide bonds. The van der Waals surface area contributed by atoms with Crippen molar-refractivity contribution in [3.63, 3.8) is 0 Å². The van der Waals surface area contributed by atoms with Gasteiger partial charge in [-0.3, -0.25) is 8.63 Å². The predicted molar refractivity (Wildman–Crippen MR) is 31.8 cm³/mol. The zero-order valence-corrected chi connectivity index (χ0v) is 5.15. The normalized spacial score (nSPS) is 28.0. The SMILES string of the molecule is FB(F)C1CCCOC1. The molecule has 1 saturated heterocycles. The van der Waals surface area contributed by atoms with E-state index in [1.807, 2.05) is 0 Å². The zero-order valence-electron chi connectivity index (χ0n) is 5.15. The van der Waals surface area contributed by atoms with Gasteiger partial charge in [0.2, 0.25) is 0 Å².